The zero-order valence-electron chi connectivity index (χ0n) is 13.9. The van der Waals surface area contributed by atoms with Crippen molar-refractivity contribution in [2.45, 2.75) is 64.5 Å². The summed E-state index contributed by atoms with van der Waals surface area (Å²) in [7, 11) is 0. The molecule has 3 rings (SSSR count). The Morgan fingerprint density at radius 1 is 1.26 bits per heavy atom. The smallest absolute Gasteiger partial charge is 0.0743 e. The van der Waals surface area contributed by atoms with Crippen LogP contribution in [0.25, 0.3) is 10.9 Å². The van der Waals surface area contributed by atoms with Gasteiger partial charge in [-0.1, -0.05) is 37.8 Å². The van der Waals surface area contributed by atoms with Crippen LogP contribution in [0.2, 0.25) is 5.02 Å². The lowest BCUT2D eigenvalue weighted by Gasteiger charge is -2.24. The fourth-order valence-electron chi connectivity index (χ4n) is 3.44. The van der Waals surface area contributed by atoms with Gasteiger partial charge in [-0.15, -0.1) is 0 Å². The molecule has 2 aromatic rings. The van der Waals surface area contributed by atoms with Gasteiger partial charge in [-0.05, 0) is 55.9 Å². The van der Waals surface area contributed by atoms with Gasteiger partial charge >= 0.3 is 0 Å². The molecule has 0 amide bonds. The minimum Gasteiger partial charge on any atom is -0.369 e. The van der Waals surface area contributed by atoms with Crippen LogP contribution in [0.5, 0.6) is 0 Å². The van der Waals surface area contributed by atoms with E-state index in [2.05, 4.69) is 18.3 Å². The highest BCUT2D eigenvalue weighted by Crippen LogP contribution is 2.34. The number of unbranched alkanes of at least 4 members (excludes halogenated alkanes) is 2. The van der Waals surface area contributed by atoms with E-state index in [0.717, 1.165) is 35.2 Å². The van der Waals surface area contributed by atoms with Gasteiger partial charge in [0.1, 0.15) is 0 Å². The summed E-state index contributed by atoms with van der Waals surface area (Å²) in [4.78, 5) is 4.85. The third-order valence-corrected chi connectivity index (χ3v) is 4.91. The lowest BCUT2D eigenvalue weighted by Crippen LogP contribution is -2.30. The van der Waals surface area contributed by atoms with Crippen LogP contribution in [-0.4, -0.2) is 11.1 Å². The van der Waals surface area contributed by atoms with Crippen molar-refractivity contribution >= 4 is 28.2 Å². The van der Waals surface area contributed by atoms with Gasteiger partial charge in [-0.25, -0.2) is 0 Å². The summed E-state index contributed by atoms with van der Waals surface area (Å²) in [6.45, 7) is 2.22. The lowest BCUT2D eigenvalue weighted by atomic mass is 9.92. The van der Waals surface area contributed by atoms with Crippen LogP contribution in [0.1, 0.15) is 56.7 Å². The van der Waals surface area contributed by atoms with Gasteiger partial charge in [0.15, 0.2) is 0 Å². The van der Waals surface area contributed by atoms with Crippen molar-refractivity contribution < 1.29 is 0 Å². The van der Waals surface area contributed by atoms with E-state index < -0.39 is 0 Å². The lowest BCUT2D eigenvalue weighted by molar-refractivity contribution is 0.598. The number of nitrogens with one attached hydrogen (secondary N) is 1. The Balaban J connectivity index is 1.95. The fraction of sp³-hybridized carbons (Fsp3) is 0.526. The van der Waals surface area contributed by atoms with Crippen LogP contribution >= 0.6 is 11.6 Å². The van der Waals surface area contributed by atoms with Gasteiger partial charge in [0, 0.05) is 21.8 Å². The monoisotopic (exact) mass is 331 g/mol. The van der Waals surface area contributed by atoms with Crippen LogP contribution in [0.4, 0.5) is 5.69 Å². The number of anilines is 1. The SMILES string of the molecule is CCCCCC(N)Nc1c2c(nc3cc(Cl)ccc13)CCCC2. The van der Waals surface area contributed by atoms with E-state index >= 15 is 0 Å². The summed E-state index contributed by atoms with van der Waals surface area (Å²) in [6.07, 6.45) is 9.21. The molecule has 0 spiro atoms. The van der Waals surface area contributed by atoms with Gasteiger partial charge in [-0.3, -0.25) is 4.98 Å². The molecule has 1 atom stereocenters. The van der Waals surface area contributed by atoms with Gasteiger partial charge in [0.2, 0.25) is 0 Å². The highest BCUT2D eigenvalue weighted by molar-refractivity contribution is 6.31. The number of aryl methyl sites for hydroxylation is 1. The van der Waals surface area contributed by atoms with Crippen molar-refractivity contribution in [1.29, 1.82) is 0 Å². The van der Waals surface area contributed by atoms with Gasteiger partial charge in [0.25, 0.3) is 0 Å². The summed E-state index contributed by atoms with van der Waals surface area (Å²) < 4.78 is 0. The number of benzene rings is 1. The molecule has 1 heterocycles. The normalized spacial score (nSPS) is 15.4. The first-order valence-corrected chi connectivity index (χ1v) is 9.20. The third kappa shape index (κ3) is 3.78. The molecule has 4 heteroatoms. The second-order valence-corrected chi connectivity index (χ2v) is 6.96. The number of pyridine rings is 1. The number of fused-ring (bicyclic) bond motifs is 2. The second kappa shape index (κ2) is 7.50. The molecule has 1 aromatic heterocycles. The first-order valence-electron chi connectivity index (χ1n) is 8.82. The van der Waals surface area contributed by atoms with Crippen LogP contribution in [0.15, 0.2) is 18.2 Å². The average molecular weight is 332 g/mol. The Morgan fingerprint density at radius 2 is 2.09 bits per heavy atom. The van der Waals surface area contributed by atoms with E-state index in [4.69, 9.17) is 22.3 Å². The number of rotatable bonds is 6. The van der Waals surface area contributed by atoms with E-state index in [1.165, 1.54) is 49.0 Å². The third-order valence-electron chi connectivity index (χ3n) is 4.67. The Bertz CT molecular complexity index is 684. The number of halogens is 1. The first kappa shape index (κ1) is 16.5. The summed E-state index contributed by atoms with van der Waals surface area (Å²) in [5.41, 5.74) is 11.1. The predicted molar refractivity (Wildman–Crippen MR) is 99.1 cm³/mol. The van der Waals surface area contributed by atoms with E-state index in [-0.39, 0.29) is 6.17 Å². The number of hydrogen-bond donors (Lipinski definition) is 2. The molecule has 0 bridgehead atoms. The van der Waals surface area contributed by atoms with Crippen LogP contribution < -0.4 is 11.1 Å². The Kier molecular flexibility index (Phi) is 5.39. The van der Waals surface area contributed by atoms with Gasteiger partial charge in [-0.2, -0.15) is 0 Å². The predicted octanol–water partition coefficient (Wildman–Crippen LogP) is 5.04. The standard InChI is InChI=1S/C19H26ClN3/c1-2-3-4-9-18(21)23-19-14-7-5-6-8-16(14)22-17-12-13(20)10-11-15(17)19/h10-12,18H,2-9,21H2,1H3,(H,22,23). The maximum absolute atomic E-state index is 6.34. The van der Waals surface area contributed by atoms with E-state index in [0.29, 0.717) is 0 Å². The molecule has 124 valence electrons. The number of nitrogens with zero attached hydrogens (tertiary/aromatic N) is 1. The highest BCUT2D eigenvalue weighted by atomic mass is 35.5. The first-order chi connectivity index (χ1) is 11.2. The van der Waals surface area contributed by atoms with Crippen molar-refractivity contribution in [2.24, 2.45) is 5.73 Å². The molecule has 3 N–H and O–H groups in total. The van der Waals surface area contributed by atoms with E-state index in [1.807, 2.05) is 12.1 Å². The zero-order valence-corrected chi connectivity index (χ0v) is 14.6. The van der Waals surface area contributed by atoms with E-state index in [9.17, 15) is 0 Å². The Hall–Kier alpha value is -1.32. The second-order valence-electron chi connectivity index (χ2n) is 6.53. The molecule has 1 unspecified atom stereocenters. The molecule has 0 aliphatic heterocycles. The Morgan fingerprint density at radius 3 is 2.91 bits per heavy atom. The summed E-state index contributed by atoms with van der Waals surface area (Å²) in [6, 6.07) is 5.97. The van der Waals surface area contributed by atoms with Crippen molar-refractivity contribution in [2.75, 3.05) is 5.32 Å². The maximum atomic E-state index is 6.34. The quantitative estimate of drug-likeness (QED) is 0.575. The van der Waals surface area contributed by atoms with Gasteiger partial charge in [0.05, 0.1) is 11.7 Å². The summed E-state index contributed by atoms with van der Waals surface area (Å²) in [5, 5.41) is 5.46. The van der Waals surface area contributed by atoms with Crippen molar-refractivity contribution in [3.05, 3.63) is 34.5 Å². The molecular weight excluding hydrogens is 306 g/mol. The molecule has 0 fully saturated rings. The zero-order chi connectivity index (χ0) is 16.2. The molecule has 23 heavy (non-hydrogen) atoms. The Labute approximate surface area is 143 Å². The van der Waals surface area contributed by atoms with Crippen molar-refractivity contribution in [3.8, 4) is 0 Å². The molecule has 1 aliphatic carbocycles. The molecule has 3 nitrogen and oxygen atoms in total. The summed E-state index contributed by atoms with van der Waals surface area (Å²) >= 11 is 6.16. The van der Waals surface area contributed by atoms with Crippen LogP contribution in [0, 0.1) is 0 Å². The fourth-order valence-corrected chi connectivity index (χ4v) is 3.60. The minimum atomic E-state index is -0.00569. The minimum absolute atomic E-state index is 0.00569. The molecular formula is C19H26ClN3. The molecule has 1 aliphatic rings. The summed E-state index contributed by atoms with van der Waals surface area (Å²) in [5.74, 6) is 0. The molecule has 0 saturated heterocycles. The van der Waals surface area contributed by atoms with Crippen molar-refractivity contribution in [3.63, 3.8) is 0 Å². The average Bonchev–Trinajstić information content (AvgIpc) is 2.54. The van der Waals surface area contributed by atoms with Crippen LogP contribution in [0.3, 0.4) is 0 Å². The molecule has 0 radical (unpaired) electrons. The van der Waals surface area contributed by atoms with Crippen molar-refractivity contribution in [1.82, 2.24) is 4.98 Å². The topological polar surface area (TPSA) is 50.9 Å². The van der Waals surface area contributed by atoms with Crippen LogP contribution in [-0.2, 0) is 12.8 Å². The highest BCUT2D eigenvalue weighted by Gasteiger charge is 2.19. The maximum Gasteiger partial charge on any atom is 0.0743 e. The number of nitrogens with two attached hydrogens (primary N) is 1. The van der Waals surface area contributed by atoms with Gasteiger partial charge < -0.3 is 11.1 Å². The van der Waals surface area contributed by atoms with E-state index in [1.54, 1.807) is 0 Å². The largest absolute Gasteiger partial charge is 0.369 e. The molecule has 1 aromatic carbocycles. The molecule has 0 saturated carbocycles. The number of aromatic nitrogens is 1. The number of hydrogen-bond acceptors (Lipinski definition) is 3.